The third-order valence-electron chi connectivity index (χ3n) is 7.88. The summed E-state index contributed by atoms with van der Waals surface area (Å²) in [5.41, 5.74) is 4.22. The molecule has 0 spiro atoms. The smallest absolute Gasteiger partial charge is 0.293 e. The normalized spacial score (nSPS) is 20.8. The van der Waals surface area contributed by atoms with Gasteiger partial charge in [-0.3, -0.25) is 9.59 Å². The number of rotatable bonds is 7. The van der Waals surface area contributed by atoms with Gasteiger partial charge in [0.15, 0.2) is 0 Å². The van der Waals surface area contributed by atoms with Crippen molar-refractivity contribution >= 4 is 12.4 Å². The molecule has 0 radical (unpaired) electrons. The number of hydrogen-bond acceptors (Lipinski definition) is 5. The van der Waals surface area contributed by atoms with Crippen molar-refractivity contribution in [1.29, 1.82) is 0 Å². The molecule has 7 nitrogen and oxygen atoms in total. The quantitative estimate of drug-likeness (QED) is 0.473. The summed E-state index contributed by atoms with van der Waals surface area (Å²) in [6.07, 6.45) is 7.54. The minimum Gasteiger partial charge on any atom is -0.464 e. The lowest BCUT2D eigenvalue weighted by Crippen LogP contribution is -2.47. The molecule has 7 heteroatoms. The van der Waals surface area contributed by atoms with E-state index in [0.29, 0.717) is 30.8 Å². The molecule has 0 aromatic carbocycles. The SMILES string of the molecule is Cc1c(C(=O)N[C@H]2C[C@H](OC=O)C2)cc(-c2cc(C(C)(C)C)nc(C(C)(C)C)n2)n1CC1CCCCC1. The molecule has 0 aliphatic heterocycles. The standard InChI is InChI=1S/C30H44N4O3/c1-19-23(27(36)31-21-13-22(14-21)37-18-35)15-25(34(19)17-20-11-9-8-10-12-20)24-16-26(29(2,3)4)33-28(32-24)30(5,6)7/h15-16,18,20-22H,8-14,17H2,1-7H3,(H,31,36)/t21-,22-. The average molecular weight is 509 g/mol. The third-order valence-corrected chi connectivity index (χ3v) is 7.88. The Morgan fingerprint density at radius 2 is 1.73 bits per heavy atom. The summed E-state index contributed by atoms with van der Waals surface area (Å²) in [5.74, 6) is 1.35. The van der Waals surface area contributed by atoms with Gasteiger partial charge in [0.05, 0.1) is 22.6 Å². The summed E-state index contributed by atoms with van der Waals surface area (Å²) in [4.78, 5) is 34.0. The fourth-order valence-electron chi connectivity index (χ4n) is 5.38. The molecule has 0 bridgehead atoms. The van der Waals surface area contributed by atoms with Gasteiger partial charge in [0.1, 0.15) is 11.9 Å². The van der Waals surface area contributed by atoms with Crippen LogP contribution in [0.1, 0.15) is 114 Å². The van der Waals surface area contributed by atoms with Gasteiger partial charge in [0.2, 0.25) is 0 Å². The van der Waals surface area contributed by atoms with Gasteiger partial charge in [0.25, 0.3) is 12.4 Å². The Morgan fingerprint density at radius 3 is 2.32 bits per heavy atom. The van der Waals surface area contributed by atoms with Gasteiger partial charge in [-0.2, -0.15) is 0 Å². The molecule has 2 aliphatic rings. The molecule has 37 heavy (non-hydrogen) atoms. The molecule has 4 rings (SSSR count). The van der Waals surface area contributed by atoms with E-state index in [1.807, 2.05) is 6.07 Å². The van der Waals surface area contributed by atoms with Gasteiger partial charge in [-0.05, 0) is 37.8 Å². The lowest BCUT2D eigenvalue weighted by atomic mass is 9.89. The van der Waals surface area contributed by atoms with Gasteiger partial charge in [-0.15, -0.1) is 0 Å². The number of carbonyl (C=O) groups is 2. The predicted molar refractivity (Wildman–Crippen MR) is 146 cm³/mol. The highest BCUT2D eigenvalue weighted by Gasteiger charge is 2.33. The van der Waals surface area contributed by atoms with E-state index in [9.17, 15) is 9.59 Å². The lowest BCUT2D eigenvalue weighted by molar-refractivity contribution is -0.138. The van der Waals surface area contributed by atoms with E-state index in [4.69, 9.17) is 14.7 Å². The molecular weight excluding hydrogens is 464 g/mol. The molecule has 202 valence electrons. The summed E-state index contributed by atoms with van der Waals surface area (Å²) in [7, 11) is 0. The number of nitrogens with one attached hydrogen (secondary N) is 1. The number of carbonyl (C=O) groups excluding carboxylic acids is 2. The van der Waals surface area contributed by atoms with Crippen molar-refractivity contribution < 1.29 is 14.3 Å². The fourth-order valence-corrected chi connectivity index (χ4v) is 5.38. The van der Waals surface area contributed by atoms with Gasteiger partial charge in [-0.1, -0.05) is 60.8 Å². The highest BCUT2D eigenvalue weighted by molar-refractivity contribution is 5.97. The molecule has 1 amide bonds. The van der Waals surface area contributed by atoms with E-state index in [2.05, 4.69) is 64.4 Å². The van der Waals surface area contributed by atoms with Gasteiger partial charge < -0.3 is 14.6 Å². The zero-order valence-electron chi connectivity index (χ0n) is 23.7. The summed E-state index contributed by atoms with van der Waals surface area (Å²) in [6, 6.07) is 4.16. The fraction of sp³-hybridized carbons (Fsp3) is 0.667. The second-order valence-corrected chi connectivity index (χ2v) is 13.1. The first kappa shape index (κ1) is 27.3. The van der Waals surface area contributed by atoms with E-state index in [0.717, 1.165) is 35.1 Å². The highest BCUT2D eigenvalue weighted by Crippen LogP contribution is 2.34. The molecule has 0 saturated heterocycles. The number of hydrogen-bond donors (Lipinski definition) is 1. The number of amides is 1. The summed E-state index contributed by atoms with van der Waals surface area (Å²) in [5, 5.41) is 3.15. The Hall–Kier alpha value is -2.70. The minimum absolute atomic E-state index is 0.0287. The Kier molecular flexibility index (Phi) is 7.82. The van der Waals surface area contributed by atoms with Crippen molar-refractivity contribution in [2.75, 3.05) is 0 Å². The molecule has 2 aliphatic carbocycles. The molecule has 2 aromatic rings. The van der Waals surface area contributed by atoms with Crippen molar-refractivity contribution in [2.45, 2.75) is 123 Å². The van der Waals surface area contributed by atoms with E-state index < -0.39 is 0 Å². The van der Waals surface area contributed by atoms with Crippen LogP contribution < -0.4 is 5.32 Å². The highest BCUT2D eigenvalue weighted by atomic mass is 16.5. The van der Waals surface area contributed by atoms with Gasteiger partial charge in [0, 0.05) is 42.0 Å². The van der Waals surface area contributed by atoms with Crippen LogP contribution in [0.3, 0.4) is 0 Å². The third kappa shape index (κ3) is 6.24. The van der Waals surface area contributed by atoms with Crippen molar-refractivity contribution in [1.82, 2.24) is 19.9 Å². The van der Waals surface area contributed by atoms with Gasteiger partial charge in [-0.25, -0.2) is 9.97 Å². The average Bonchev–Trinajstić information content (AvgIpc) is 3.13. The monoisotopic (exact) mass is 508 g/mol. The molecule has 1 N–H and O–H groups in total. The van der Waals surface area contributed by atoms with Crippen LogP contribution in [0.15, 0.2) is 12.1 Å². The van der Waals surface area contributed by atoms with Crippen LogP contribution in [0, 0.1) is 12.8 Å². The summed E-state index contributed by atoms with van der Waals surface area (Å²) in [6.45, 7) is 16.4. The first-order valence-electron chi connectivity index (χ1n) is 13.9. The first-order valence-corrected chi connectivity index (χ1v) is 13.9. The molecule has 0 unspecified atom stereocenters. The van der Waals surface area contributed by atoms with E-state index >= 15 is 0 Å². The first-order chi connectivity index (χ1) is 17.4. The van der Waals surface area contributed by atoms with Crippen LogP contribution in [-0.2, 0) is 26.9 Å². The Labute approximate surface area is 221 Å². The zero-order valence-corrected chi connectivity index (χ0v) is 23.7. The molecule has 2 heterocycles. The largest absolute Gasteiger partial charge is 0.464 e. The molecular formula is C30H44N4O3. The van der Waals surface area contributed by atoms with E-state index in [-0.39, 0.29) is 28.9 Å². The summed E-state index contributed by atoms with van der Waals surface area (Å²) >= 11 is 0. The van der Waals surface area contributed by atoms with Crippen LogP contribution in [0.25, 0.3) is 11.4 Å². The number of nitrogens with zero attached hydrogens (tertiary/aromatic N) is 3. The second-order valence-electron chi connectivity index (χ2n) is 13.1. The van der Waals surface area contributed by atoms with Crippen LogP contribution >= 0.6 is 0 Å². The maximum Gasteiger partial charge on any atom is 0.293 e. The van der Waals surface area contributed by atoms with Crippen molar-refractivity contribution in [2.24, 2.45) is 5.92 Å². The van der Waals surface area contributed by atoms with E-state index in [1.54, 1.807) is 0 Å². The van der Waals surface area contributed by atoms with Crippen molar-refractivity contribution in [3.63, 3.8) is 0 Å². The van der Waals surface area contributed by atoms with Crippen LogP contribution in [-0.4, -0.2) is 39.1 Å². The lowest BCUT2D eigenvalue weighted by Gasteiger charge is -2.34. The van der Waals surface area contributed by atoms with Crippen LogP contribution in [0.2, 0.25) is 0 Å². The second kappa shape index (κ2) is 10.6. The van der Waals surface area contributed by atoms with Crippen molar-refractivity contribution in [3.05, 3.63) is 34.9 Å². The van der Waals surface area contributed by atoms with E-state index in [1.165, 1.54) is 32.1 Å². The van der Waals surface area contributed by atoms with Crippen LogP contribution in [0.4, 0.5) is 0 Å². The Bertz CT molecular complexity index is 1090. The minimum atomic E-state index is -0.198. The Balaban J connectivity index is 1.74. The van der Waals surface area contributed by atoms with Crippen molar-refractivity contribution in [3.8, 4) is 11.4 Å². The number of ether oxygens (including phenoxy) is 1. The van der Waals surface area contributed by atoms with Gasteiger partial charge >= 0.3 is 0 Å². The molecule has 2 aromatic heterocycles. The molecule has 0 atom stereocenters. The maximum atomic E-state index is 13.4. The number of aromatic nitrogens is 3. The molecule has 2 saturated carbocycles. The maximum absolute atomic E-state index is 13.4. The predicted octanol–water partition coefficient (Wildman–Crippen LogP) is 5.86. The van der Waals surface area contributed by atoms with Crippen LogP contribution in [0.5, 0.6) is 0 Å². The zero-order chi connectivity index (χ0) is 27.0. The molecule has 2 fully saturated rings. The topological polar surface area (TPSA) is 86.1 Å². The summed E-state index contributed by atoms with van der Waals surface area (Å²) < 4.78 is 7.34. The Morgan fingerprint density at radius 1 is 1.05 bits per heavy atom.